The predicted molar refractivity (Wildman–Crippen MR) is 121 cm³/mol. The number of esters is 1. The highest BCUT2D eigenvalue weighted by atomic mass is 32.2. The molecule has 1 atom stereocenters. The van der Waals surface area contributed by atoms with E-state index in [1.165, 1.54) is 11.3 Å². The molecule has 2 aromatic rings. The first-order valence-corrected chi connectivity index (χ1v) is 12.9. The van der Waals surface area contributed by atoms with Gasteiger partial charge in [0.2, 0.25) is 10.0 Å². The maximum absolute atomic E-state index is 12.8. The Hall–Kier alpha value is -2.95. The first-order valence-electron chi connectivity index (χ1n) is 10.6. The molecule has 1 aliphatic rings. The van der Waals surface area contributed by atoms with E-state index >= 15 is 0 Å². The largest absolute Gasteiger partial charge is 0.456 e. The van der Waals surface area contributed by atoms with Crippen molar-refractivity contribution >= 4 is 38.2 Å². The number of halogens is 3. The molecular formula is C22H22F3N3O5S2. The van der Waals surface area contributed by atoms with Gasteiger partial charge in [0.25, 0.3) is 5.91 Å². The van der Waals surface area contributed by atoms with Gasteiger partial charge < -0.3 is 10.1 Å². The monoisotopic (exact) mass is 529 g/mol. The van der Waals surface area contributed by atoms with Gasteiger partial charge in [0.05, 0.1) is 22.4 Å². The second-order valence-corrected chi connectivity index (χ2v) is 10.9. The number of nitrogens with zero attached hydrogens (tertiary/aromatic N) is 1. The van der Waals surface area contributed by atoms with Crippen molar-refractivity contribution < 1.29 is 35.9 Å². The fourth-order valence-electron chi connectivity index (χ4n) is 3.55. The number of carbonyl (C=O) groups is 2. The maximum atomic E-state index is 12.8. The summed E-state index contributed by atoms with van der Waals surface area (Å²) < 4.78 is 69.7. The van der Waals surface area contributed by atoms with E-state index in [0.717, 1.165) is 47.9 Å². The molecule has 8 nitrogen and oxygen atoms in total. The highest BCUT2D eigenvalue weighted by Crippen LogP contribution is 2.39. The molecule has 0 saturated heterocycles. The normalized spacial score (nSPS) is 15.7. The van der Waals surface area contributed by atoms with Gasteiger partial charge in [-0.05, 0) is 48.9 Å². The number of sulfonamides is 1. The molecule has 1 aromatic heterocycles. The molecule has 0 aliphatic heterocycles. The molecule has 0 unspecified atom stereocenters. The molecule has 0 bridgehead atoms. The van der Waals surface area contributed by atoms with Crippen LogP contribution < -0.4 is 10.0 Å². The number of hydrogen-bond donors (Lipinski definition) is 2. The summed E-state index contributed by atoms with van der Waals surface area (Å²) in [6, 6.07) is 5.31. The van der Waals surface area contributed by atoms with Crippen LogP contribution in [0.5, 0.6) is 0 Å². The van der Waals surface area contributed by atoms with E-state index in [2.05, 4.69) is 18.3 Å². The minimum Gasteiger partial charge on any atom is -0.456 e. The SMILES string of the molecule is C[C@H]1CCc2c(sc(NC(=O)COC(=O)CCNS(=O)(=O)c3cccc(C(F)(F)F)c3)c2C#N)C1. The molecule has 188 valence electrons. The van der Waals surface area contributed by atoms with Gasteiger partial charge in [-0.2, -0.15) is 18.4 Å². The van der Waals surface area contributed by atoms with Crippen molar-refractivity contribution in [2.24, 2.45) is 5.92 Å². The zero-order chi connectivity index (χ0) is 25.8. The van der Waals surface area contributed by atoms with E-state index in [1.807, 2.05) is 4.72 Å². The lowest BCUT2D eigenvalue weighted by Gasteiger charge is -2.17. The van der Waals surface area contributed by atoms with Crippen LogP contribution in [0.1, 0.15) is 41.3 Å². The van der Waals surface area contributed by atoms with Crippen molar-refractivity contribution in [1.82, 2.24) is 4.72 Å². The van der Waals surface area contributed by atoms with Crippen LogP contribution in [0.3, 0.4) is 0 Å². The lowest BCUT2D eigenvalue weighted by Crippen LogP contribution is -2.28. The number of thiophene rings is 1. The zero-order valence-corrected chi connectivity index (χ0v) is 20.2. The topological polar surface area (TPSA) is 125 Å². The number of alkyl halides is 3. The van der Waals surface area contributed by atoms with Gasteiger partial charge in [0.15, 0.2) is 6.61 Å². The number of hydrogen-bond acceptors (Lipinski definition) is 7. The Labute approximate surface area is 204 Å². The Morgan fingerprint density at radius 2 is 2.06 bits per heavy atom. The average Bonchev–Trinajstić information content (AvgIpc) is 3.12. The fraction of sp³-hybridized carbons (Fsp3) is 0.409. The number of benzene rings is 1. The van der Waals surface area contributed by atoms with Crippen molar-refractivity contribution in [2.75, 3.05) is 18.5 Å². The Morgan fingerprint density at radius 3 is 2.74 bits per heavy atom. The molecular weight excluding hydrogens is 507 g/mol. The molecule has 0 fully saturated rings. The number of amides is 1. The highest BCUT2D eigenvalue weighted by Gasteiger charge is 2.31. The number of rotatable bonds is 8. The third-order valence-corrected chi connectivity index (χ3v) is 7.96. The van der Waals surface area contributed by atoms with E-state index in [1.54, 1.807) is 0 Å². The predicted octanol–water partition coefficient (Wildman–Crippen LogP) is 3.61. The summed E-state index contributed by atoms with van der Waals surface area (Å²) in [5, 5.41) is 12.5. The van der Waals surface area contributed by atoms with Gasteiger partial charge in [0, 0.05) is 11.4 Å². The zero-order valence-electron chi connectivity index (χ0n) is 18.6. The Bertz CT molecular complexity index is 1270. The maximum Gasteiger partial charge on any atom is 0.416 e. The molecule has 1 heterocycles. The number of anilines is 1. The highest BCUT2D eigenvalue weighted by molar-refractivity contribution is 7.89. The van der Waals surface area contributed by atoms with E-state index in [-0.39, 0.29) is 0 Å². The van der Waals surface area contributed by atoms with Crippen LogP contribution in [0.4, 0.5) is 18.2 Å². The van der Waals surface area contributed by atoms with Crippen molar-refractivity contribution in [1.29, 1.82) is 5.26 Å². The van der Waals surface area contributed by atoms with Gasteiger partial charge in [-0.15, -0.1) is 11.3 Å². The third kappa shape index (κ3) is 6.81. The lowest BCUT2D eigenvalue weighted by molar-refractivity contribution is -0.147. The van der Waals surface area contributed by atoms with Crippen molar-refractivity contribution in [3.05, 3.63) is 45.8 Å². The van der Waals surface area contributed by atoms with Crippen LogP contribution in [-0.2, 0) is 43.4 Å². The van der Waals surface area contributed by atoms with E-state index in [0.29, 0.717) is 22.5 Å². The van der Waals surface area contributed by atoms with Gasteiger partial charge in [-0.1, -0.05) is 13.0 Å². The summed E-state index contributed by atoms with van der Waals surface area (Å²) in [7, 11) is -4.29. The molecule has 0 saturated carbocycles. The number of carbonyl (C=O) groups excluding carboxylic acids is 2. The number of fused-ring (bicyclic) bond motifs is 1. The van der Waals surface area contributed by atoms with Crippen LogP contribution in [-0.4, -0.2) is 33.4 Å². The molecule has 35 heavy (non-hydrogen) atoms. The Morgan fingerprint density at radius 1 is 1.31 bits per heavy atom. The summed E-state index contributed by atoms with van der Waals surface area (Å²) in [4.78, 5) is 24.5. The second-order valence-electron chi connectivity index (χ2n) is 8.05. The second kappa shape index (κ2) is 10.8. The van der Waals surface area contributed by atoms with Crippen LogP contribution in [0, 0.1) is 17.2 Å². The van der Waals surface area contributed by atoms with Crippen LogP contribution in [0.15, 0.2) is 29.2 Å². The molecule has 0 spiro atoms. The van der Waals surface area contributed by atoms with E-state index < -0.39 is 58.1 Å². The third-order valence-electron chi connectivity index (χ3n) is 5.33. The molecule has 1 aromatic carbocycles. The van der Waals surface area contributed by atoms with Crippen molar-refractivity contribution in [3.8, 4) is 6.07 Å². The molecule has 2 N–H and O–H groups in total. The Balaban J connectivity index is 1.48. The summed E-state index contributed by atoms with van der Waals surface area (Å²) >= 11 is 1.33. The molecule has 3 rings (SSSR count). The molecule has 0 radical (unpaired) electrons. The smallest absolute Gasteiger partial charge is 0.416 e. The summed E-state index contributed by atoms with van der Waals surface area (Å²) in [5.74, 6) is -1.04. The molecule has 13 heteroatoms. The molecule has 1 aliphatic carbocycles. The molecule has 1 amide bonds. The van der Waals surface area contributed by atoms with Gasteiger partial charge in [-0.3, -0.25) is 9.59 Å². The first-order chi connectivity index (χ1) is 16.4. The van der Waals surface area contributed by atoms with Crippen LogP contribution in [0.25, 0.3) is 0 Å². The number of nitriles is 1. The van der Waals surface area contributed by atoms with Crippen molar-refractivity contribution in [2.45, 2.75) is 43.7 Å². The van der Waals surface area contributed by atoms with Gasteiger partial charge >= 0.3 is 12.1 Å². The minimum absolute atomic E-state index is 0.404. The number of ether oxygens (including phenoxy) is 1. The first kappa shape index (κ1) is 26.7. The van der Waals surface area contributed by atoms with E-state index in [4.69, 9.17) is 4.74 Å². The Kier molecular flexibility index (Phi) is 8.19. The van der Waals surface area contributed by atoms with Crippen LogP contribution >= 0.6 is 11.3 Å². The van der Waals surface area contributed by atoms with Gasteiger partial charge in [0.1, 0.15) is 11.1 Å². The summed E-state index contributed by atoms with van der Waals surface area (Å²) in [5.41, 5.74) is 0.239. The van der Waals surface area contributed by atoms with E-state index in [9.17, 15) is 36.4 Å². The fourth-order valence-corrected chi connectivity index (χ4v) is 6.00. The standard InChI is InChI=1S/C22H22F3N3O5S2/c1-13-5-6-16-17(11-26)21(34-18(16)9-13)28-19(29)12-33-20(30)7-8-27-35(31,32)15-4-2-3-14(10-15)22(23,24)25/h2-4,10,13,27H,5-9,12H2,1H3,(H,28,29)/t13-/m0/s1. The average molecular weight is 530 g/mol. The summed E-state index contributed by atoms with van der Waals surface area (Å²) in [6.45, 7) is 1.04. The quantitative estimate of drug-likeness (QED) is 0.504. The summed E-state index contributed by atoms with van der Waals surface area (Å²) in [6.07, 6.45) is -2.60. The number of nitrogens with one attached hydrogen (secondary N) is 2. The van der Waals surface area contributed by atoms with Gasteiger partial charge in [-0.25, -0.2) is 13.1 Å². The lowest BCUT2D eigenvalue weighted by atomic mass is 9.89. The van der Waals surface area contributed by atoms with Crippen LogP contribution in [0.2, 0.25) is 0 Å². The van der Waals surface area contributed by atoms with Crippen molar-refractivity contribution in [3.63, 3.8) is 0 Å². The minimum atomic E-state index is -4.70.